The van der Waals surface area contributed by atoms with Crippen molar-refractivity contribution in [2.75, 3.05) is 0 Å². The second-order valence-electron chi connectivity index (χ2n) is 10.6. The number of ether oxygens (including phenoxy) is 2. The first kappa shape index (κ1) is 39.0. The van der Waals surface area contributed by atoms with Gasteiger partial charge in [-0.05, 0) is 69.9 Å². The van der Waals surface area contributed by atoms with Crippen LogP contribution in [-0.2, 0) is 44.9 Å². The number of carbonyl (C=O) groups is 2. The first-order chi connectivity index (χ1) is 19.3. The molecule has 0 bridgehead atoms. The summed E-state index contributed by atoms with van der Waals surface area (Å²) in [7, 11) is 0. The Morgan fingerprint density at radius 2 is 1.14 bits per heavy atom. The Balaban J connectivity index is 0.000000780. The summed E-state index contributed by atoms with van der Waals surface area (Å²) in [5.41, 5.74) is 3.37. The summed E-state index contributed by atoms with van der Waals surface area (Å²) in [4.78, 5) is 26.8. The molecular weight excluding hydrogens is 654 g/mol. The number of nitrogens with zero attached hydrogens (tertiary/aromatic N) is 1. The van der Waals surface area contributed by atoms with Gasteiger partial charge in [-0.15, -0.1) is 0 Å². The molecule has 3 aromatic carbocycles. The number of amides is 2. The van der Waals surface area contributed by atoms with Crippen LogP contribution in [0.2, 0.25) is 0 Å². The highest BCUT2D eigenvalue weighted by Gasteiger charge is 2.17. The van der Waals surface area contributed by atoms with Gasteiger partial charge >= 0.3 is 12.2 Å². The Labute approximate surface area is 274 Å². The standard InChI is InChI=1S/C19H20N2O2.C12H16BrNO2.S2.H2S/c1-19(2,3)23-18(22)21-13-14-9-5-6-10-15(14)16-11-7-8-12-17(16)20-4;1-12(2,3)16-11(15)14-8-9-6-4-5-7-10(9)13;1-2;/h5-12H,13H2,1-3H3,(H,21,22);4-7H,8H2,1-3H3,(H,14,15);;1H2. The van der Waals surface area contributed by atoms with Crippen molar-refractivity contribution in [2.24, 2.45) is 0 Å². The number of benzene rings is 3. The maximum absolute atomic E-state index is 11.8. The van der Waals surface area contributed by atoms with E-state index in [4.69, 9.17) is 16.0 Å². The lowest BCUT2D eigenvalue weighted by atomic mass is 9.98. The smallest absolute Gasteiger partial charge is 0.407 e. The van der Waals surface area contributed by atoms with Gasteiger partial charge in [0.15, 0.2) is 5.69 Å². The predicted molar refractivity (Wildman–Crippen MR) is 184 cm³/mol. The van der Waals surface area contributed by atoms with E-state index in [0.717, 1.165) is 26.7 Å². The third-order valence-electron chi connectivity index (χ3n) is 4.93. The van der Waals surface area contributed by atoms with Crippen molar-refractivity contribution in [3.63, 3.8) is 0 Å². The molecule has 0 fully saturated rings. The maximum atomic E-state index is 11.8. The number of carbonyl (C=O) groups excluding carboxylic acids is 2. The fraction of sp³-hybridized carbons (Fsp3) is 0.323. The van der Waals surface area contributed by atoms with E-state index >= 15 is 0 Å². The van der Waals surface area contributed by atoms with Crippen LogP contribution in [0.1, 0.15) is 52.7 Å². The predicted octanol–water partition coefficient (Wildman–Crippen LogP) is 8.51. The first-order valence-corrected chi connectivity index (χ1v) is 14.8. The van der Waals surface area contributed by atoms with Crippen molar-refractivity contribution in [2.45, 2.75) is 65.8 Å². The molecule has 2 amide bonds. The topological polar surface area (TPSA) is 81.0 Å². The Kier molecular flexibility index (Phi) is 17.8. The summed E-state index contributed by atoms with van der Waals surface area (Å²) in [5, 5.41) is 5.47. The van der Waals surface area contributed by atoms with E-state index in [-0.39, 0.29) is 13.5 Å². The highest BCUT2D eigenvalue weighted by molar-refractivity contribution is 9.10. The number of para-hydroxylation sites is 1. The molecule has 0 aliphatic carbocycles. The van der Waals surface area contributed by atoms with Gasteiger partial charge < -0.3 is 20.1 Å². The molecule has 0 radical (unpaired) electrons. The van der Waals surface area contributed by atoms with Gasteiger partial charge in [0.05, 0.1) is 6.57 Å². The highest BCUT2D eigenvalue weighted by atomic mass is 79.9. The molecule has 7 nitrogen and oxygen atoms in total. The monoisotopic (exact) mass is 691 g/mol. The molecule has 0 saturated heterocycles. The highest BCUT2D eigenvalue weighted by Crippen LogP contribution is 2.32. The summed E-state index contributed by atoms with van der Waals surface area (Å²) in [5.74, 6) is 0. The summed E-state index contributed by atoms with van der Waals surface area (Å²) < 4.78 is 11.4. The van der Waals surface area contributed by atoms with Crippen LogP contribution in [0.15, 0.2) is 77.3 Å². The van der Waals surface area contributed by atoms with Crippen LogP contribution in [0, 0.1) is 6.57 Å². The molecule has 3 rings (SSSR count). The molecular formula is C31H38BrN3O4S3. The van der Waals surface area contributed by atoms with Gasteiger partial charge in [0, 0.05) is 39.9 Å². The number of rotatable bonds is 5. The molecule has 42 heavy (non-hydrogen) atoms. The Morgan fingerprint density at radius 1 is 0.738 bits per heavy atom. The van der Waals surface area contributed by atoms with E-state index in [0.29, 0.717) is 18.8 Å². The number of nitrogens with one attached hydrogen (secondary N) is 2. The molecule has 3 aromatic rings. The molecule has 0 spiro atoms. The molecule has 226 valence electrons. The van der Waals surface area contributed by atoms with Crippen LogP contribution in [0.5, 0.6) is 0 Å². The Morgan fingerprint density at radius 3 is 1.62 bits per heavy atom. The fourth-order valence-corrected chi connectivity index (χ4v) is 3.77. The van der Waals surface area contributed by atoms with Gasteiger partial charge in [-0.25, -0.2) is 14.4 Å². The van der Waals surface area contributed by atoms with Crippen molar-refractivity contribution in [3.05, 3.63) is 99.8 Å². The minimum absolute atomic E-state index is 0. The lowest BCUT2D eigenvalue weighted by Gasteiger charge is -2.20. The maximum Gasteiger partial charge on any atom is 0.407 e. The van der Waals surface area contributed by atoms with E-state index in [9.17, 15) is 9.59 Å². The van der Waals surface area contributed by atoms with Crippen LogP contribution in [0.25, 0.3) is 16.0 Å². The summed E-state index contributed by atoms with van der Waals surface area (Å²) in [6.07, 6.45) is -0.853. The Bertz CT molecular complexity index is 1340. The second kappa shape index (κ2) is 19.2. The van der Waals surface area contributed by atoms with Crippen LogP contribution in [0.3, 0.4) is 0 Å². The molecule has 0 aromatic heterocycles. The number of hydrogen-bond donors (Lipinski definition) is 2. The van der Waals surface area contributed by atoms with Crippen molar-refractivity contribution >= 4 is 69.7 Å². The van der Waals surface area contributed by atoms with E-state index in [2.05, 4.69) is 53.8 Å². The van der Waals surface area contributed by atoms with Crippen molar-refractivity contribution in [3.8, 4) is 11.1 Å². The van der Waals surface area contributed by atoms with Gasteiger partial charge in [0.2, 0.25) is 0 Å². The quantitative estimate of drug-likeness (QED) is 0.261. The molecule has 0 unspecified atom stereocenters. The zero-order valence-electron chi connectivity index (χ0n) is 24.6. The third-order valence-corrected chi connectivity index (χ3v) is 5.71. The molecule has 0 aliphatic heterocycles. The summed E-state index contributed by atoms with van der Waals surface area (Å²) >= 11 is 10.7. The molecule has 2 N–H and O–H groups in total. The average Bonchev–Trinajstić information content (AvgIpc) is 2.91. The zero-order chi connectivity index (χ0) is 31.1. The van der Waals surface area contributed by atoms with E-state index < -0.39 is 23.4 Å². The van der Waals surface area contributed by atoms with E-state index in [1.165, 1.54) is 0 Å². The van der Waals surface area contributed by atoms with Crippen molar-refractivity contribution in [1.82, 2.24) is 10.6 Å². The summed E-state index contributed by atoms with van der Waals surface area (Å²) in [6.45, 7) is 19.1. The van der Waals surface area contributed by atoms with E-state index in [1.54, 1.807) is 6.07 Å². The average molecular weight is 693 g/mol. The number of hydrogen-bond acceptors (Lipinski definition) is 6. The second-order valence-corrected chi connectivity index (χ2v) is 11.4. The molecule has 0 saturated carbocycles. The van der Waals surface area contributed by atoms with Crippen LogP contribution < -0.4 is 10.6 Å². The minimum Gasteiger partial charge on any atom is -0.444 e. The fourth-order valence-electron chi connectivity index (χ4n) is 3.34. The first-order valence-electron chi connectivity index (χ1n) is 12.7. The Hall–Kier alpha value is -3.04. The van der Waals surface area contributed by atoms with Gasteiger partial charge in [-0.2, -0.15) is 13.5 Å². The zero-order valence-corrected chi connectivity index (χ0v) is 28.8. The lowest BCUT2D eigenvalue weighted by molar-refractivity contribution is 0.0512. The van der Waals surface area contributed by atoms with E-state index in [1.807, 2.05) is 108 Å². The third kappa shape index (κ3) is 15.3. The van der Waals surface area contributed by atoms with Gasteiger partial charge in [0.1, 0.15) is 11.2 Å². The van der Waals surface area contributed by atoms with Crippen molar-refractivity contribution in [1.29, 1.82) is 0 Å². The molecule has 0 heterocycles. The largest absolute Gasteiger partial charge is 0.444 e. The summed E-state index contributed by atoms with van der Waals surface area (Å²) in [6, 6.07) is 22.9. The van der Waals surface area contributed by atoms with Crippen LogP contribution in [-0.4, -0.2) is 23.4 Å². The molecule has 0 aliphatic rings. The van der Waals surface area contributed by atoms with Crippen molar-refractivity contribution < 1.29 is 19.1 Å². The van der Waals surface area contributed by atoms with Gasteiger partial charge in [-0.1, -0.05) is 82.7 Å². The van der Waals surface area contributed by atoms with Gasteiger partial charge in [0.25, 0.3) is 0 Å². The van der Waals surface area contributed by atoms with Crippen LogP contribution in [0.4, 0.5) is 15.3 Å². The normalized spacial score (nSPS) is 10.1. The SMILES string of the molecule is CC(C)(C)OC(=O)NCc1ccccc1Br.S.S=S.[C-]#[N+]c1ccccc1-c1ccccc1CNC(=O)OC(C)(C)C. The molecule has 11 heteroatoms. The number of alkyl carbamates (subject to hydrolysis) is 2. The lowest BCUT2D eigenvalue weighted by Crippen LogP contribution is -2.32. The van der Waals surface area contributed by atoms with Gasteiger partial charge in [-0.3, -0.25) is 0 Å². The molecule has 0 atom stereocenters. The van der Waals surface area contributed by atoms with Crippen LogP contribution >= 0.6 is 29.4 Å². The minimum atomic E-state index is -0.527. The number of halogens is 1.